The molecular weight excluding hydrogens is 421 g/mol. The molecule has 0 unspecified atom stereocenters. The van der Waals surface area contributed by atoms with Gasteiger partial charge >= 0.3 is 0 Å². The van der Waals surface area contributed by atoms with Crippen molar-refractivity contribution in [3.8, 4) is 11.1 Å². The maximum absolute atomic E-state index is 13.3. The third-order valence-electron chi connectivity index (χ3n) is 5.83. The fourth-order valence-corrected chi connectivity index (χ4v) is 3.95. The molecule has 0 aromatic heterocycles. The van der Waals surface area contributed by atoms with Crippen LogP contribution in [0.4, 0.5) is 10.1 Å². The van der Waals surface area contributed by atoms with Crippen LogP contribution in [0.25, 0.3) is 11.1 Å². The minimum absolute atomic E-state index is 0.0947. The van der Waals surface area contributed by atoms with E-state index in [0.29, 0.717) is 11.1 Å². The number of likely N-dealkylation sites (N-methyl/N-ethyl adjacent to an activating group) is 1. The molecule has 168 valence electrons. The molecule has 1 aliphatic heterocycles. The molecule has 3 aromatic carbocycles. The highest BCUT2D eigenvalue weighted by atomic mass is 19.1. The fraction of sp³-hybridized carbons (Fsp3) is 0.192. The van der Waals surface area contributed by atoms with E-state index in [4.69, 9.17) is 0 Å². The molecule has 0 saturated heterocycles. The average Bonchev–Trinajstić information content (AvgIpc) is 2.92. The second-order valence-electron chi connectivity index (χ2n) is 8.01. The van der Waals surface area contributed by atoms with Crippen molar-refractivity contribution in [2.24, 2.45) is 5.92 Å². The van der Waals surface area contributed by atoms with Gasteiger partial charge in [0.15, 0.2) is 0 Å². The molecular formula is C26H24FN3O3. The summed E-state index contributed by atoms with van der Waals surface area (Å²) >= 11 is 0. The smallest absolute Gasteiger partial charge is 0.253 e. The van der Waals surface area contributed by atoms with Crippen molar-refractivity contribution in [1.29, 1.82) is 0 Å². The Labute approximate surface area is 191 Å². The Morgan fingerprint density at radius 3 is 2.42 bits per heavy atom. The summed E-state index contributed by atoms with van der Waals surface area (Å²) in [6, 6.07) is 19.9. The number of nitrogens with one attached hydrogen (secondary N) is 2. The van der Waals surface area contributed by atoms with Gasteiger partial charge in [0.1, 0.15) is 17.8 Å². The van der Waals surface area contributed by atoms with Gasteiger partial charge in [-0.25, -0.2) is 4.39 Å². The number of fused-ring (bicyclic) bond motifs is 3. The minimum atomic E-state index is -1.05. The van der Waals surface area contributed by atoms with E-state index in [0.717, 1.165) is 16.8 Å². The summed E-state index contributed by atoms with van der Waals surface area (Å²) in [4.78, 5) is 40.4. The second-order valence-corrected chi connectivity index (χ2v) is 8.01. The topological polar surface area (TPSA) is 78.5 Å². The predicted molar refractivity (Wildman–Crippen MR) is 124 cm³/mol. The standard InChI is InChI=1S/C26H24FN3O3/c1-16(24(31)28-15-17-8-7-9-18(27)14-17)25(32)29-23-21-12-4-3-10-19(21)20-11-5-6-13-22(20)30(2)26(23)33/h3-14,16,23H,15H2,1-2H3,(H,28,31)(H,29,32)/t16-,23-/m1/s1. The number of anilines is 1. The predicted octanol–water partition coefficient (Wildman–Crippen LogP) is 3.58. The molecule has 0 aliphatic carbocycles. The maximum Gasteiger partial charge on any atom is 0.253 e. The number of para-hydroxylation sites is 1. The van der Waals surface area contributed by atoms with E-state index in [1.54, 1.807) is 19.2 Å². The molecule has 2 atom stereocenters. The first-order valence-corrected chi connectivity index (χ1v) is 10.6. The summed E-state index contributed by atoms with van der Waals surface area (Å²) in [7, 11) is 1.67. The summed E-state index contributed by atoms with van der Waals surface area (Å²) in [5.41, 5.74) is 3.73. The lowest BCUT2D eigenvalue weighted by Gasteiger charge is -2.24. The highest BCUT2D eigenvalue weighted by molar-refractivity contribution is 6.07. The Morgan fingerprint density at radius 1 is 0.970 bits per heavy atom. The van der Waals surface area contributed by atoms with E-state index < -0.39 is 29.6 Å². The van der Waals surface area contributed by atoms with Gasteiger partial charge in [0.25, 0.3) is 5.91 Å². The van der Waals surface area contributed by atoms with Crippen molar-refractivity contribution in [3.63, 3.8) is 0 Å². The van der Waals surface area contributed by atoms with E-state index >= 15 is 0 Å². The molecule has 0 saturated carbocycles. The van der Waals surface area contributed by atoms with Gasteiger partial charge in [0.2, 0.25) is 11.8 Å². The van der Waals surface area contributed by atoms with Gasteiger partial charge < -0.3 is 15.5 Å². The van der Waals surface area contributed by atoms with Gasteiger partial charge in [0.05, 0.1) is 5.69 Å². The number of nitrogens with zero attached hydrogens (tertiary/aromatic N) is 1. The summed E-state index contributed by atoms with van der Waals surface area (Å²) in [5.74, 6) is -2.83. The first-order valence-electron chi connectivity index (χ1n) is 10.6. The van der Waals surface area contributed by atoms with Crippen LogP contribution >= 0.6 is 0 Å². The van der Waals surface area contributed by atoms with Crippen molar-refractivity contribution in [2.75, 3.05) is 11.9 Å². The largest absolute Gasteiger partial charge is 0.351 e. The Balaban J connectivity index is 1.53. The van der Waals surface area contributed by atoms with Gasteiger partial charge in [-0.2, -0.15) is 0 Å². The van der Waals surface area contributed by atoms with Crippen LogP contribution in [-0.2, 0) is 20.9 Å². The summed E-state index contributed by atoms with van der Waals surface area (Å²) in [6.07, 6.45) is 0. The van der Waals surface area contributed by atoms with E-state index in [1.165, 1.54) is 24.0 Å². The van der Waals surface area contributed by atoms with Crippen LogP contribution in [0.5, 0.6) is 0 Å². The van der Waals surface area contributed by atoms with Gasteiger partial charge in [-0.1, -0.05) is 54.6 Å². The van der Waals surface area contributed by atoms with E-state index in [9.17, 15) is 18.8 Å². The Morgan fingerprint density at radius 2 is 1.67 bits per heavy atom. The first kappa shape index (κ1) is 22.2. The van der Waals surface area contributed by atoms with Crippen LogP contribution in [0.3, 0.4) is 0 Å². The normalized spacial score (nSPS) is 15.7. The molecule has 33 heavy (non-hydrogen) atoms. The quantitative estimate of drug-likeness (QED) is 0.590. The van der Waals surface area contributed by atoms with Crippen LogP contribution in [0, 0.1) is 11.7 Å². The summed E-state index contributed by atoms with van der Waals surface area (Å²) in [6.45, 7) is 1.57. The number of halogens is 1. The highest BCUT2D eigenvalue weighted by Gasteiger charge is 2.34. The average molecular weight is 445 g/mol. The van der Waals surface area contributed by atoms with Crippen molar-refractivity contribution >= 4 is 23.4 Å². The van der Waals surface area contributed by atoms with E-state index in [1.807, 2.05) is 48.5 Å². The molecule has 6 nitrogen and oxygen atoms in total. The number of benzene rings is 3. The third-order valence-corrected chi connectivity index (χ3v) is 5.83. The second kappa shape index (κ2) is 9.24. The number of rotatable bonds is 5. The lowest BCUT2D eigenvalue weighted by Crippen LogP contribution is -2.45. The fourth-order valence-electron chi connectivity index (χ4n) is 3.95. The number of amides is 3. The van der Waals surface area contributed by atoms with Gasteiger partial charge in [-0.3, -0.25) is 14.4 Å². The van der Waals surface area contributed by atoms with E-state index in [-0.39, 0.29) is 12.5 Å². The summed E-state index contributed by atoms with van der Waals surface area (Å²) in [5, 5.41) is 5.42. The van der Waals surface area contributed by atoms with Crippen molar-refractivity contribution in [3.05, 3.63) is 89.7 Å². The number of hydrogen-bond donors (Lipinski definition) is 2. The molecule has 4 rings (SSSR count). The SMILES string of the molecule is C[C@H](C(=O)NCc1cccc(F)c1)C(=O)N[C@H]1C(=O)N(C)c2ccccc2-c2ccccc21. The molecule has 2 N–H and O–H groups in total. The summed E-state index contributed by atoms with van der Waals surface area (Å²) < 4.78 is 13.3. The number of hydrogen-bond acceptors (Lipinski definition) is 3. The highest BCUT2D eigenvalue weighted by Crippen LogP contribution is 2.39. The van der Waals surface area contributed by atoms with Gasteiger partial charge in [-0.05, 0) is 41.8 Å². The van der Waals surface area contributed by atoms with Gasteiger partial charge in [0, 0.05) is 19.2 Å². The molecule has 7 heteroatoms. The van der Waals surface area contributed by atoms with Crippen LogP contribution in [0.1, 0.15) is 24.1 Å². The van der Waals surface area contributed by atoms with Crippen LogP contribution in [0.15, 0.2) is 72.8 Å². The molecule has 0 spiro atoms. The van der Waals surface area contributed by atoms with Crippen LogP contribution in [0.2, 0.25) is 0 Å². The monoisotopic (exact) mass is 445 g/mol. The minimum Gasteiger partial charge on any atom is -0.351 e. The zero-order valence-electron chi connectivity index (χ0n) is 18.3. The molecule has 3 amide bonds. The first-order chi connectivity index (χ1) is 15.9. The lowest BCUT2D eigenvalue weighted by molar-refractivity contribution is -0.136. The lowest BCUT2D eigenvalue weighted by atomic mass is 9.95. The van der Waals surface area contributed by atoms with E-state index in [2.05, 4.69) is 10.6 Å². The van der Waals surface area contributed by atoms with Crippen molar-refractivity contribution in [1.82, 2.24) is 10.6 Å². The molecule has 3 aromatic rings. The van der Waals surface area contributed by atoms with Crippen molar-refractivity contribution < 1.29 is 18.8 Å². The molecule has 0 bridgehead atoms. The maximum atomic E-state index is 13.3. The molecule has 1 heterocycles. The van der Waals surface area contributed by atoms with Crippen LogP contribution < -0.4 is 15.5 Å². The van der Waals surface area contributed by atoms with Gasteiger partial charge in [-0.15, -0.1) is 0 Å². The zero-order valence-corrected chi connectivity index (χ0v) is 18.3. The number of carbonyl (C=O) groups excluding carboxylic acids is 3. The Hall–Kier alpha value is -4.00. The number of carbonyl (C=O) groups is 3. The van der Waals surface area contributed by atoms with Crippen molar-refractivity contribution in [2.45, 2.75) is 19.5 Å². The third kappa shape index (κ3) is 4.48. The molecule has 0 radical (unpaired) electrons. The Kier molecular flexibility index (Phi) is 6.22. The Bertz CT molecular complexity index is 1230. The van der Waals surface area contributed by atoms with Crippen LogP contribution in [-0.4, -0.2) is 24.8 Å². The molecule has 0 fully saturated rings. The zero-order chi connectivity index (χ0) is 23.5. The molecule has 1 aliphatic rings.